The quantitative estimate of drug-likeness (QED) is 0.752. The molecule has 4 nitrogen and oxygen atoms in total. The van der Waals surface area contributed by atoms with E-state index in [1.165, 1.54) is 0 Å². The van der Waals surface area contributed by atoms with Crippen LogP contribution in [0.25, 0.3) is 0 Å². The van der Waals surface area contributed by atoms with E-state index in [4.69, 9.17) is 14.7 Å². The summed E-state index contributed by atoms with van der Waals surface area (Å²) in [6.45, 7) is 4.00. The van der Waals surface area contributed by atoms with Gasteiger partial charge in [-0.2, -0.15) is 5.26 Å². The Morgan fingerprint density at radius 2 is 2.06 bits per heavy atom. The fourth-order valence-corrected chi connectivity index (χ4v) is 2.64. The van der Waals surface area contributed by atoms with E-state index in [0.29, 0.717) is 12.2 Å². The molecule has 0 bridgehead atoms. The third kappa shape index (κ3) is 2.07. The van der Waals surface area contributed by atoms with Crippen LogP contribution in [0, 0.1) is 11.3 Å². The molecule has 2 heterocycles. The van der Waals surface area contributed by atoms with Crippen LogP contribution in [-0.4, -0.2) is 38.5 Å². The van der Waals surface area contributed by atoms with Crippen molar-refractivity contribution < 1.29 is 9.47 Å². The molecular formula is C14H16N2O2. The molecule has 2 aliphatic heterocycles. The Morgan fingerprint density at radius 1 is 1.22 bits per heavy atom. The summed E-state index contributed by atoms with van der Waals surface area (Å²) in [6, 6.07) is 9.88. The molecule has 0 amide bonds. The summed E-state index contributed by atoms with van der Waals surface area (Å²) in [5.41, 5.74) is 1.74. The zero-order valence-electron chi connectivity index (χ0n) is 10.3. The first-order valence-corrected chi connectivity index (χ1v) is 6.28. The van der Waals surface area contributed by atoms with Crippen LogP contribution in [0.2, 0.25) is 0 Å². The van der Waals surface area contributed by atoms with Crippen molar-refractivity contribution in [3.8, 4) is 6.07 Å². The SMILES string of the molecule is N#Cc1ccc(N2CCOC3(CCOC3)C2)cc1. The minimum absolute atomic E-state index is 0.119. The Bertz CT molecular complexity index is 458. The molecule has 3 rings (SSSR count). The molecule has 0 aliphatic carbocycles. The van der Waals surface area contributed by atoms with Crippen molar-refractivity contribution in [1.82, 2.24) is 0 Å². The number of morpholine rings is 1. The average molecular weight is 244 g/mol. The first kappa shape index (κ1) is 11.5. The van der Waals surface area contributed by atoms with Gasteiger partial charge < -0.3 is 14.4 Å². The lowest BCUT2D eigenvalue weighted by Crippen LogP contribution is -2.52. The molecule has 2 fully saturated rings. The van der Waals surface area contributed by atoms with E-state index < -0.39 is 0 Å². The molecule has 1 aromatic rings. The largest absolute Gasteiger partial charge is 0.378 e. The number of nitrogens with zero attached hydrogens (tertiary/aromatic N) is 2. The highest BCUT2D eigenvalue weighted by atomic mass is 16.6. The van der Waals surface area contributed by atoms with Gasteiger partial charge in [0.1, 0.15) is 5.60 Å². The summed E-state index contributed by atoms with van der Waals surface area (Å²) in [5.74, 6) is 0. The summed E-state index contributed by atoms with van der Waals surface area (Å²) in [6.07, 6.45) is 0.972. The molecule has 0 saturated carbocycles. The number of ether oxygens (including phenoxy) is 2. The molecule has 0 aromatic heterocycles. The number of benzene rings is 1. The molecule has 1 aromatic carbocycles. The predicted molar refractivity (Wildman–Crippen MR) is 67.5 cm³/mol. The maximum absolute atomic E-state index is 8.81. The first-order valence-electron chi connectivity index (χ1n) is 6.28. The van der Waals surface area contributed by atoms with Crippen molar-refractivity contribution in [3.05, 3.63) is 29.8 Å². The van der Waals surface area contributed by atoms with Crippen molar-refractivity contribution in [1.29, 1.82) is 5.26 Å². The van der Waals surface area contributed by atoms with Gasteiger partial charge >= 0.3 is 0 Å². The van der Waals surface area contributed by atoms with Crippen LogP contribution in [0.4, 0.5) is 5.69 Å². The summed E-state index contributed by atoms with van der Waals surface area (Å²) in [4.78, 5) is 2.32. The van der Waals surface area contributed by atoms with Gasteiger partial charge in [0.25, 0.3) is 0 Å². The van der Waals surface area contributed by atoms with Crippen molar-refractivity contribution >= 4 is 5.69 Å². The maximum Gasteiger partial charge on any atom is 0.111 e. The third-order valence-electron chi connectivity index (χ3n) is 3.68. The lowest BCUT2D eigenvalue weighted by molar-refractivity contribution is -0.0579. The van der Waals surface area contributed by atoms with Gasteiger partial charge in [0.2, 0.25) is 0 Å². The van der Waals surface area contributed by atoms with E-state index in [2.05, 4.69) is 11.0 Å². The van der Waals surface area contributed by atoms with Crippen molar-refractivity contribution in [2.24, 2.45) is 0 Å². The number of rotatable bonds is 1. The Kier molecular flexibility index (Phi) is 2.94. The number of nitriles is 1. The zero-order valence-corrected chi connectivity index (χ0v) is 10.3. The lowest BCUT2D eigenvalue weighted by atomic mass is 10.0. The lowest BCUT2D eigenvalue weighted by Gasteiger charge is -2.40. The van der Waals surface area contributed by atoms with E-state index in [1.54, 1.807) is 0 Å². The minimum atomic E-state index is -0.119. The average Bonchev–Trinajstić information content (AvgIpc) is 2.87. The Balaban J connectivity index is 1.77. The summed E-state index contributed by atoms with van der Waals surface area (Å²) < 4.78 is 11.4. The Morgan fingerprint density at radius 3 is 2.72 bits per heavy atom. The van der Waals surface area contributed by atoms with Crippen molar-refractivity contribution in [3.63, 3.8) is 0 Å². The van der Waals surface area contributed by atoms with E-state index in [-0.39, 0.29) is 5.60 Å². The molecule has 18 heavy (non-hydrogen) atoms. The second-order valence-electron chi connectivity index (χ2n) is 4.91. The smallest absolute Gasteiger partial charge is 0.111 e. The van der Waals surface area contributed by atoms with Crippen molar-refractivity contribution in [2.45, 2.75) is 12.0 Å². The molecule has 94 valence electrons. The van der Waals surface area contributed by atoms with E-state index in [1.807, 2.05) is 24.3 Å². The molecule has 1 atom stereocenters. The number of hydrogen-bond donors (Lipinski definition) is 0. The molecule has 2 aliphatic rings. The van der Waals surface area contributed by atoms with Crippen molar-refractivity contribution in [2.75, 3.05) is 37.8 Å². The van der Waals surface area contributed by atoms with Crippen LogP contribution >= 0.6 is 0 Å². The normalized spacial score (nSPS) is 27.4. The van der Waals surface area contributed by atoms with Gasteiger partial charge in [0.05, 0.1) is 24.8 Å². The van der Waals surface area contributed by atoms with Gasteiger partial charge in [-0.05, 0) is 24.3 Å². The molecular weight excluding hydrogens is 228 g/mol. The van der Waals surface area contributed by atoms with E-state index >= 15 is 0 Å². The minimum Gasteiger partial charge on any atom is -0.378 e. The molecule has 1 unspecified atom stereocenters. The molecule has 1 spiro atoms. The van der Waals surface area contributed by atoms with Crippen LogP contribution < -0.4 is 4.90 Å². The fourth-order valence-electron chi connectivity index (χ4n) is 2.64. The highest BCUT2D eigenvalue weighted by Crippen LogP contribution is 2.30. The highest BCUT2D eigenvalue weighted by molar-refractivity contribution is 5.50. The van der Waals surface area contributed by atoms with E-state index in [9.17, 15) is 0 Å². The monoisotopic (exact) mass is 244 g/mol. The maximum atomic E-state index is 8.81. The molecule has 0 N–H and O–H groups in total. The van der Waals surface area contributed by atoms with Gasteiger partial charge in [-0.1, -0.05) is 0 Å². The van der Waals surface area contributed by atoms with Crippen LogP contribution in [0.1, 0.15) is 12.0 Å². The van der Waals surface area contributed by atoms with Gasteiger partial charge in [-0.3, -0.25) is 0 Å². The van der Waals surface area contributed by atoms with Crippen LogP contribution in [0.3, 0.4) is 0 Å². The summed E-state index contributed by atoms with van der Waals surface area (Å²) in [5, 5.41) is 8.81. The molecule has 4 heteroatoms. The summed E-state index contributed by atoms with van der Waals surface area (Å²) in [7, 11) is 0. The summed E-state index contributed by atoms with van der Waals surface area (Å²) >= 11 is 0. The van der Waals surface area contributed by atoms with Crippen LogP contribution in [0.15, 0.2) is 24.3 Å². The predicted octanol–water partition coefficient (Wildman–Crippen LogP) is 1.55. The topological polar surface area (TPSA) is 45.5 Å². The zero-order chi connectivity index (χ0) is 12.4. The second kappa shape index (κ2) is 4.60. The number of anilines is 1. The number of hydrogen-bond acceptors (Lipinski definition) is 4. The third-order valence-corrected chi connectivity index (χ3v) is 3.68. The fraction of sp³-hybridized carbons (Fsp3) is 0.500. The molecule has 2 saturated heterocycles. The Hall–Kier alpha value is -1.57. The first-order chi connectivity index (χ1) is 8.81. The second-order valence-corrected chi connectivity index (χ2v) is 4.91. The Labute approximate surface area is 107 Å². The van der Waals surface area contributed by atoms with Gasteiger partial charge in [0.15, 0.2) is 0 Å². The van der Waals surface area contributed by atoms with Gasteiger partial charge in [-0.25, -0.2) is 0 Å². The van der Waals surface area contributed by atoms with Gasteiger partial charge in [0, 0.05) is 31.8 Å². The standard InChI is InChI=1S/C14H16N2O2/c15-9-12-1-3-13(4-2-12)16-6-8-18-14(10-16)5-7-17-11-14/h1-4H,5-8,10-11H2. The van der Waals surface area contributed by atoms with Gasteiger partial charge in [-0.15, -0.1) is 0 Å². The molecule has 0 radical (unpaired) electrons. The van der Waals surface area contributed by atoms with Crippen LogP contribution in [-0.2, 0) is 9.47 Å². The van der Waals surface area contributed by atoms with E-state index in [0.717, 1.165) is 38.4 Å². The van der Waals surface area contributed by atoms with Crippen LogP contribution in [0.5, 0.6) is 0 Å². The highest BCUT2D eigenvalue weighted by Gasteiger charge is 2.40.